The quantitative estimate of drug-likeness (QED) is 0.776. The van der Waals surface area contributed by atoms with E-state index in [0.29, 0.717) is 5.02 Å². The van der Waals surface area contributed by atoms with Gasteiger partial charge in [0.25, 0.3) is 0 Å². The van der Waals surface area contributed by atoms with Gasteiger partial charge >= 0.3 is 0 Å². The molecule has 0 aromatic heterocycles. The zero-order valence-electron chi connectivity index (χ0n) is 10.1. The SMILES string of the molecule is N#CC(C(=O)c1cc(Cl)ccc1Cl)c1cccc(F)c1. The first-order valence-electron chi connectivity index (χ1n) is 5.67. The van der Waals surface area contributed by atoms with Crippen LogP contribution in [0.2, 0.25) is 10.0 Å². The fraction of sp³-hybridized carbons (Fsp3) is 0.0667. The summed E-state index contributed by atoms with van der Waals surface area (Å²) in [6.07, 6.45) is 0. The summed E-state index contributed by atoms with van der Waals surface area (Å²) in [5, 5.41) is 9.74. The number of hydrogen-bond donors (Lipinski definition) is 0. The Bertz CT molecular complexity index is 709. The monoisotopic (exact) mass is 307 g/mol. The second kappa shape index (κ2) is 6.04. The van der Waals surface area contributed by atoms with Crippen LogP contribution in [-0.2, 0) is 0 Å². The van der Waals surface area contributed by atoms with Crippen LogP contribution in [-0.4, -0.2) is 5.78 Å². The largest absolute Gasteiger partial charge is 0.292 e. The summed E-state index contributed by atoms with van der Waals surface area (Å²) in [5.41, 5.74) is 0.434. The van der Waals surface area contributed by atoms with Crippen molar-refractivity contribution < 1.29 is 9.18 Å². The molecule has 2 nitrogen and oxygen atoms in total. The van der Waals surface area contributed by atoms with Crippen LogP contribution in [0, 0.1) is 17.1 Å². The van der Waals surface area contributed by atoms with E-state index >= 15 is 0 Å². The Morgan fingerprint density at radius 3 is 2.60 bits per heavy atom. The zero-order valence-corrected chi connectivity index (χ0v) is 11.6. The van der Waals surface area contributed by atoms with Crippen molar-refractivity contribution in [2.45, 2.75) is 5.92 Å². The van der Waals surface area contributed by atoms with E-state index in [1.54, 1.807) is 6.07 Å². The van der Waals surface area contributed by atoms with Crippen molar-refractivity contribution in [2.24, 2.45) is 0 Å². The van der Waals surface area contributed by atoms with E-state index < -0.39 is 17.5 Å². The van der Waals surface area contributed by atoms with Crippen LogP contribution in [0.5, 0.6) is 0 Å². The van der Waals surface area contributed by atoms with E-state index in [2.05, 4.69) is 0 Å². The Labute approximate surface area is 125 Å². The minimum Gasteiger partial charge on any atom is -0.292 e. The molecule has 0 aliphatic carbocycles. The van der Waals surface area contributed by atoms with Crippen LogP contribution in [0.3, 0.4) is 0 Å². The van der Waals surface area contributed by atoms with Crippen molar-refractivity contribution in [3.63, 3.8) is 0 Å². The Morgan fingerprint density at radius 2 is 1.95 bits per heavy atom. The van der Waals surface area contributed by atoms with Crippen LogP contribution < -0.4 is 0 Å². The highest BCUT2D eigenvalue weighted by atomic mass is 35.5. The molecule has 0 aliphatic rings. The first kappa shape index (κ1) is 14.5. The molecule has 0 saturated heterocycles. The molecule has 0 bridgehead atoms. The third-order valence-corrected chi connectivity index (χ3v) is 3.33. The molecule has 0 heterocycles. The number of nitrogens with zero attached hydrogens (tertiary/aromatic N) is 1. The number of ketones is 1. The number of carbonyl (C=O) groups is 1. The molecule has 0 radical (unpaired) electrons. The number of benzene rings is 2. The van der Waals surface area contributed by atoms with Gasteiger partial charge < -0.3 is 0 Å². The van der Waals surface area contributed by atoms with Crippen LogP contribution >= 0.6 is 23.2 Å². The fourth-order valence-corrected chi connectivity index (χ4v) is 2.20. The molecule has 100 valence electrons. The molecule has 2 rings (SSSR count). The molecule has 0 saturated carbocycles. The molecule has 1 unspecified atom stereocenters. The summed E-state index contributed by atoms with van der Waals surface area (Å²) in [6.45, 7) is 0. The van der Waals surface area contributed by atoms with Crippen molar-refractivity contribution in [2.75, 3.05) is 0 Å². The van der Waals surface area contributed by atoms with Gasteiger partial charge in [-0.1, -0.05) is 35.3 Å². The minimum absolute atomic E-state index is 0.148. The molecule has 20 heavy (non-hydrogen) atoms. The van der Waals surface area contributed by atoms with Gasteiger partial charge in [-0.15, -0.1) is 0 Å². The average Bonchev–Trinajstić information content (AvgIpc) is 2.42. The summed E-state index contributed by atoms with van der Waals surface area (Å²) >= 11 is 11.8. The van der Waals surface area contributed by atoms with Crippen LogP contribution in [0.1, 0.15) is 21.8 Å². The summed E-state index contributed by atoms with van der Waals surface area (Å²) in [6, 6.07) is 11.7. The lowest BCUT2D eigenvalue weighted by Crippen LogP contribution is -2.12. The highest BCUT2D eigenvalue weighted by Gasteiger charge is 2.24. The maximum atomic E-state index is 13.2. The van der Waals surface area contributed by atoms with Gasteiger partial charge in [0, 0.05) is 10.6 Å². The first-order chi connectivity index (χ1) is 9.52. The number of Topliss-reactive ketones (excluding diaryl/α,β-unsaturated/α-hetero) is 1. The predicted octanol–water partition coefficient (Wildman–Crippen LogP) is 4.62. The molecular weight excluding hydrogens is 300 g/mol. The maximum absolute atomic E-state index is 13.2. The summed E-state index contributed by atoms with van der Waals surface area (Å²) in [5.74, 6) is -2.14. The Hall–Kier alpha value is -1.89. The van der Waals surface area contributed by atoms with Gasteiger partial charge in [-0.3, -0.25) is 4.79 Å². The topological polar surface area (TPSA) is 40.9 Å². The fourth-order valence-electron chi connectivity index (χ4n) is 1.81. The summed E-state index contributed by atoms with van der Waals surface area (Å²) in [4.78, 5) is 12.4. The molecule has 2 aromatic carbocycles. The summed E-state index contributed by atoms with van der Waals surface area (Å²) < 4.78 is 13.2. The molecular formula is C15H8Cl2FNO. The van der Waals surface area contributed by atoms with Crippen molar-refractivity contribution >= 4 is 29.0 Å². The van der Waals surface area contributed by atoms with E-state index in [9.17, 15) is 14.4 Å². The smallest absolute Gasteiger partial charge is 0.186 e. The summed E-state index contributed by atoms with van der Waals surface area (Å²) in [7, 11) is 0. The normalized spacial score (nSPS) is 11.7. The molecule has 5 heteroatoms. The van der Waals surface area contributed by atoms with Gasteiger partial charge in [0.15, 0.2) is 5.78 Å². The van der Waals surface area contributed by atoms with Crippen molar-refractivity contribution in [3.8, 4) is 6.07 Å². The lowest BCUT2D eigenvalue weighted by Gasteiger charge is -2.10. The lowest BCUT2D eigenvalue weighted by atomic mass is 9.92. The molecule has 0 aliphatic heterocycles. The molecule has 0 amide bonds. The number of halogens is 3. The third-order valence-electron chi connectivity index (χ3n) is 2.77. The molecule has 0 spiro atoms. The van der Waals surface area contributed by atoms with Gasteiger partial charge in [0.1, 0.15) is 11.7 Å². The van der Waals surface area contributed by atoms with Gasteiger partial charge in [0.2, 0.25) is 0 Å². The highest BCUT2D eigenvalue weighted by Crippen LogP contribution is 2.27. The van der Waals surface area contributed by atoms with E-state index in [1.165, 1.54) is 30.3 Å². The van der Waals surface area contributed by atoms with Gasteiger partial charge in [-0.25, -0.2) is 4.39 Å². The van der Waals surface area contributed by atoms with Crippen LogP contribution in [0.15, 0.2) is 42.5 Å². The van der Waals surface area contributed by atoms with Crippen molar-refractivity contribution in [1.29, 1.82) is 5.26 Å². The Balaban J connectivity index is 2.45. The average molecular weight is 308 g/mol. The lowest BCUT2D eigenvalue weighted by molar-refractivity contribution is 0.0979. The van der Waals surface area contributed by atoms with E-state index in [0.717, 1.165) is 6.07 Å². The second-order valence-electron chi connectivity index (χ2n) is 4.11. The third kappa shape index (κ3) is 2.98. The zero-order chi connectivity index (χ0) is 14.7. The number of rotatable bonds is 3. The first-order valence-corrected chi connectivity index (χ1v) is 6.43. The van der Waals surface area contributed by atoms with Crippen molar-refractivity contribution in [3.05, 3.63) is 69.5 Å². The standard InChI is InChI=1S/C15H8Cl2FNO/c16-10-4-5-14(17)12(7-10)15(20)13(8-19)9-2-1-3-11(18)6-9/h1-7,13H. The maximum Gasteiger partial charge on any atom is 0.186 e. The molecule has 0 N–H and O–H groups in total. The van der Waals surface area contributed by atoms with Crippen LogP contribution in [0.4, 0.5) is 4.39 Å². The minimum atomic E-state index is -1.12. The van der Waals surface area contributed by atoms with Gasteiger partial charge in [-0.2, -0.15) is 5.26 Å². The van der Waals surface area contributed by atoms with Gasteiger partial charge in [0.05, 0.1) is 11.1 Å². The number of carbonyl (C=O) groups excluding carboxylic acids is 1. The predicted molar refractivity (Wildman–Crippen MR) is 75.5 cm³/mol. The number of hydrogen-bond acceptors (Lipinski definition) is 2. The van der Waals surface area contributed by atoms with E-state index in [4.69, 9.17) is 23.2 Å². The van der Waals surface area contributed by atoms with Crippen LogP contribution in [0.25, 0.3) is 0 Å². The second-order valence-corrected chi connectivity index (χ2v) is 4.95. The van der Waals surface area contributed by atoms with Crippen molar-refractivity contribution in [1.82, 2.24) is 0 Å². The molecule has 1 atom stereocenters. The van der Waals surface area contributed by atoms with E-state index in [1.807, 2.05) is 6.07 Å². The Kier molecular flexibility index (Phi) is 4.39. The Morgan fingerprint density at radius 1 is 1.20 bits per heavy atom. The highest BCUT2D eigenvalue weighted by molar-refractivity contribution is 6.36. The number of nitriles is 1. The van der Waals surface area contributed by atoms with Gasteiger partial charge in [-0.05, 0) is 35.9 Å². The molecule has 2 aromatic rings. The van der Waals surface area contributed by atoms with E-state index in [-0.39, 0.29) is 16.1 Å². The molecule has 0 fully saturated rings.